The van der Waals surface area contributed by atoms with Crippen molar-refractivity contribution in [3.63, 3.8) is 0 Å². The van der Waals surface area contributed by atoms with Crippen molar-refractivity contribution >= 4 is 11.8 Å². The van der Waals surface area contributed by atoms with Crippen molar-refractivity contribution in [2.75, 3.05) is 5.75 Å². The molecule has 0 aromatic carbocycles. The van der Waals surface area contributed by atoms with Gasteiger partial charge < -0.3 is 0 Å². The summed E-state index contributed by atoms with van der Waals surface area (Å²) in [6, 6.07) is 4.13. The van der Waals surface area contributed by atoms with E-state index >= 15 is 0 Å². The van der Waals surface area contributed by atoms with Gasteiger partial charge in [-0.15, -0.1) is 0 Å². The Morgan fingerprint density at radius 1 is 1.54 bits per heavy atom. The van der Waals surface area contributed by atoms with Crippen LogP contribution in [-0.2, 0) is 5.75 Å². The first-order chi connectivity index (χ1) is 6.33. The standard InChI is InChI=1S/C11H17NS/c1-3-10(2)8-13-9-11-5-4-6-12-7-11/h4-7,10H,3,8-9H2,1-2H3. The first-order valence-electron chi connectivity index (χ1n) is 4.79. The lowest BCUT2D eigenvalue weighted by Crippen LogP contribution is -1.95. The summed E-state index contributed by atoms with van der Waals surface area (Å²) in [4.78, 5) is 4.09. The zero-order valence-electron chi connectivity index (χ0n) is 8.36. The van der Waals surface area contributed by atoms with Crippen LogP contribution in [0.2, 0.25) is 0 Å². The normalized spacial score (nSPS) is 12.8. The predicted octanol–water partition coefficient (Wildman–Crippen LogP) is 3.36. The Kier molecular flexibility index (Phi) is 4.91. The second-order valence-electron chi connectivity index (χ2n) is 3.39. The third-order valence-electron chi connectivity index (χ3n) is 2.09. The molecule has 0 radical (unpaired) electrons. The maximum atomic E-state index is 4.09. The van der Waals surface area contributed by atoms with E-state index in [4.69, 9.17) is 0 Å². The van der Waals surface area contributed by atoms with Gasteiger partial charge in [-0.25, -0.2) is 0 Å². The highest BCUT2D eigenvalue weighted by molar-refractivity contribution is 7.98. The van der Waals surface area contributed by atoms with Gasteiger partial charge in [-0.3, -0.25) is 4.98 Å². The molecule has 0 aliphatic rings. The molecule has 1 atom stereocenters. The van der Waals surface area contributed by atoms with E-state index in [0.29, 0.717) is 0 Å². The van der Waals surface area contributed by atoms with Crippen LogP contribution in [0.1, 0.15) is 25.8 Å². The summed E-state index contributed by atoms with van der Waals surface area (Å²) >= 11 is 2.00. The summed E-state index contributed by atoms with van der Waals surface area (Å²) in [5.74, 6) is 3.19. The molecule has 1 aromatic heterocycles. The van der Waals surface area contributed by atoms with Crippen LogP contribution in [-0.4, -0.2) is 10.7 Å². The van der Waals surface area contributed by atoms with Gasteiger partial charge in [-0.1, -0.05) is 26.3 Å². The number of rotatable bonds is 5. The maximum absolute atomic E-state index is 4.09. The van der Waals surface area contributed by atoms with Crippen molar-refractivity contribution in [1.29, 1.82) is 0 Å². The highest BCUT2D eigenvalue weighted by atomic mass is 32.2. The minimum Gasteiger partial charge on any atom is -0.264 e. The fraction of sp³-hybridized carbons (Fsp3) is 0.545. The third kappa shape index (κ3) is 4.32. The summed E-state index contributed by atoms with van der Waals surface area (Å²) in [6.07, 6.45) is 5.05. The molecule has 72 valence electrons. The molecule has 0 aliphatic carbocycles. The summed E-state index contributed by atoms with van der Waals surface area (Å²) < 4.78 is 0. The van der Waals surface area contributed by atoms with Crippen LogP contribution < -0.4 is 0 Å². The van der Waals surface area contributed by atoms with E-state index in [1.165, 1.54) is 17.7 Å². The smallest absolute Gasteiger partial charge is 0.0308 e. The molecular formula is C11H17NS. The molecule has 0 saturated heterocycles. The largest absolute Gasteiger partial charge is 0.264 e. The number of pyridine rings is 1. The Labute approximate surface area is 85.0 Å². The molecule has 1 heterocycles. The van der Waals surface area contributed by atoms with Gasteiger partial charge in [0.2, 0.25) is 0 Å². The zero-order valence-corrected chi connectivity index (χ0v) is 9.18. The fourth-order valence-corrected chi connectivity index (χ4v) is 2.14. The molecule has 0 saturated carbocycles. The van der Waals surface area contributed by atoms with Crippen molar-refractivity contribution in [3.8, 4) is 0 Å². The van der Waals surface area contributed by atoms with E-state index in [1.54, 1.807) is 0 Å². The Balaban J connectivity index is 2.20. The van der Waals surface area contributed by atoms with Gasteiger partial charge in [-0.2, -0.15) is 11.8 Å². The minimum absolute atomic E-state index is 0.835. The Morgan fingerprint density at radius 2 is 2.38 bits per heavy atom. The van der Waals surface area contributed by atoms with Crippen LogP contribution in [0.4, 0.5) is 0 Å². The summed E-state index contributed by atoms with van der Waals surface area (Å²) in [6.45, 7) is 4.55. The Bertz CT molecular complexity index is 223. The first kappa shape index (κ1) is 10.6. The van der Waals surface area contributed by atoms with Crippen molar-refractivity contribution in [2.45, 2.75) is 26.0 Å². The lowest BCUT2D eigenvalue weighted by Gasteiger charge is -2.06. The molecule has 2 heteroatoms. The number of nitrogens with zero attached hydrogens (tertiary/aromatic N) is 1. The third-order valence-corrected chi connectivity index (χ3v) is 3.43. The Morgan fingerprint density at radius 3 is 3.00 bits per heavy atom. The van der Waals surface area contributed by atoms with Gasteiger partial charge in [0.25, 0.3) is 0 Å². The van der Waals surface area contributed by atoms with Crippen molar-refractivity contribution < 1.29 is 0 Å². The predicted molar refractivity (Wildman–Crippen MR) is 59.9 cm³/mol. The summed E-state index contributed by atoms with van der Waals surface area (Å²) in [5.41, 5.74) is 1.33. The second-order valence-corrected chi connectivity index (χ2v) is 4.42. The number of hydrogen-bond acceptors (Lipinski definition) is 2. The van der Waals surface area contributed by atoms with E-state index in [0.717, 1.165) is 11.7 Å². The van der Waals surface area contributed by atoms with Gasteiger partial charge in [0.05, 0.1) is 0 Å². The quantitative estimate of drug-likeness (QED) is 0.714. The van der Waals surface area contributed by atoms with Crippen LogP contribution in [0.15, 0.2) is 24.5 Å². The number of aromatic nitrogens is 1. The SMILES string of the molecule is CCC(C)CSCc1cccnc1. The molecule has 13 heavy (non-hydrogen) atoms. The van der Waals surface area contributed by atoms with Crippen molar-refractivity contribution in [3.05, 3.63) is 30.1 Å². The van der Waals surface area contributed by atoms with Crippen molar-refractivity contribution in [1.82, 2.24) is 4.98 Å². The molecule has 0 amide bonds. The van der Waals surface area contributed by atoms with Crippen LogP contribution in [0.3, 0.4) is 0 Å². The molecule has 0 aliphatic heterocycles. The molecule has 0 bridgehead atoms. The van der Waals surface area contributed by atoms with Crippen LogP contribution in [0, 0.1) is 5.92 Å². The average Bonchev–Trinajstić information content (AvgIpc) is 2.19. The van der Waals surface area contributed by atoms with Crippen LogP contribution in [0.25, 0.3) is 0 Å². The molecule has 1 unspecified atom stereocenters. The van der Waals surface area contributed by atoms with Gasteiger partial charge in [-0.05, 0) is 23.3 Å². The average molecular weight is 195 g/mol. The highest BCUT2D eigenvalue weighted by Gasteiger charge is 1.98. The summed E-state index contributed by atoms with van der Waals surface area (Å²) in [5, 5.41) is 0. The molecule has 1 nitrogen and oxygen atoms in total. The zero-order chi connectivity index (χ0) is 9.52. The monoisotopic (exact) mass is 195 g/mol. The molecule has 1 aromatic rings. The lowest BCUT2D eigenvalue weighted by atomic mass is 10.2. The molecule has 0 fully saturated rings. The van der Waals surface area contributed by atoms with E-state index in [2.05, 4.69) is 24.9 Å². The summed E-state index contributed by atoms with van der Waals surface area (Å²) in [7, 11) is 0. The lowest BCUT2D eigenvalue weighted by molar-refractivity contribution is 0.637. The highest BCUT2D eigenvalue weighted by Crippen LogP contribution is 2.15. The molecule has 1 rings (SSSR count). The van der Waals surface area contributed by atoms with Gasteiger partial charge >= 0.3 is 0 Å². The van der Waals surface area contributed by atoms with Crippen LogP contribution in [0.5, 0.6) is 0 Å². The molecule has 0 N–H and O–H groups in total. The van der Waals surface area contributed by atoms with E-state index in [-0.39, 0.29) is 0 Å². The topological polar surface area (TPSA) is 12.9 Å². The van der Waals surface area contributed by atoms with Gasteiger partial charge in [0, 0.05) is 18.1 Å². The molecule has 0 spiro atoms. The first-order valence-corrected chi connectivity index (χ1v) is 5.95. The minimum atomic E-state index is 0.835. The van der Waals surface area contributed by atoms with Gasteiger partial charge in [0.1, 0.15) is 0 Å². The second kappa shape index (κ2) is 6.03. The van der Waals surface area contributed by atoms with E-state index in [9.17, 15) is 0 Å². The van der Waals surface area contributed by atoms with E-state index in [1.807, 2.05) is 30.2 Å². The number of hydrogen-bond donors (Lipinski definition) is 0. The van der Waals surface area contributed by atoms with Crippen molar-refractivity contribution in [2.24, 2.45) is 5.92 Å². The Hall–Kier alpha value is -0.500. The van der Waals surface area contributed by atoms with Gasteiger partial charge in [0.15, 0.2) is 0 Å². The maximum Gasteiger partial charge on any atom is 0.0308 e. The molecular weight excluding hydrogens is 178 g/mol. The fourth-order valence-electron chi connectivity index (χ4n) is 0.979. The number of thioether (sulfide) groups is 1. The van der Waals surface area contributed by atoms with E-state index < -0.39 is 0 Å². The van der Waals surface area contributed by atoms with Crippen LogP contribution >= 0.6 is 11.8 Å².